The molecule has 1 heterocycles. The monoisotopic (exact) mass is 345 g/mol. The average molecular weight is 346 g/mol. The molecule has 4 nitrogen and oxygen atoms in total. The number of methoxy groups -OCH3 is 1. The molecule has 0 atom stereocenters. The van der Waals surface area contributed by atoms with Gasteiger partial charge in [0.25, 0.3) is 0 Å². The SMILES string of the molecule is COc1ccc(N2CCN(c3ccc(Cl)cc3C#N)CC2)cc1F. The first kappa shape index (κ1) is 16.4. The van der Waals surface area contributed by atoms with Gasteiger partial charge in [0.15, 0.2) is 11.6 Å². The lowest BCUT2D eigenvalue weighted by Gasteiger charge is -2.37. The Bertz CT molecular complexity index is 782. The van der Waals surface area contributed by atoms with Crippen LogP contribution in [0.5, 0.6) is 5.75 Å². The fourth-order valence-electron chi connectivity index (χ4n) is 2.93. The summed E-state index contributed by atoms with van der Waals surface area (Å²) in [4.78, 5) is 4.28. The molecule has 0 amide bonds. The molecule has 0 aromatic heterocycles. The number of hydrogen-bond donors (Lipinski definition) is 0. The Labute approximate surface area is 145 Å². The van der Waals surface area contributed by atoms with Crippen LogP contribution >= 0.6 is 11.6 Å². The van der Waals surface area contributed by atoms with Crippen molar-refractivity contribution in [3.8, 4) is 11.8 Å². The van der Waals surface area contributed by atoms with E-state index in [2.05, 4.69) is 15.9 Å². The molecule has 2 aromatic carbocycles. The normalized spacial score (nSPS) is 14.4. The molecular formula is C18H17ClFN3O. The zero-order valence-corrected chi connectivity index (χ0v) is 14.1. The molecule has 0 bridgehead atoms. The highest BCUT2D eigenvalue weighted by molar-refractivity contribution is 6.30. The summed E-state index contributed by atoms with van der Waals surface area (Å²) in [6, 6.07) is 12.6. The lowest BCUT2D eigenvalue weighted by Crippen LogP contribution is -2.46. The summed E-state index contributed by atoms with van der Waals surface area (Å²) in [5, 5.41) is 9.84. The Morgan fingerprint density at radius 2 is 1.79 bits per heavy atom. The van der Waals surface area contributed by atoms with E-state index < -0.39 is 0 Å². The largest absolute Gasteiger partial charge is 0.494 e. The third-order valence-corrected chi connectivity index (χ3v) is 4.44. The van der Waals surface area contributed by atoms with Crippen molar-refractivity contribution in [2.24, 2.45) is 0 Å². The lowest BCUT2D eigenvalue weighted by molar-refractivity contribution is 0.386. The highest BCUT2D eigenvalue weighted by Crippen LogP contribution is 2.28. The second-order valence-electron chi connectivity index (χ2n) is 5.57. The summed E-state index contributed by atoms with van der Waals surface area (Å²) in [6.07, 6.45) is 0. The number of ether oxygens (including phenoxy) is 1. The van der Waals surface area contributed by atoms with Gasteiger partial charge in [0.05, 0.1) is 18.4 Å². The Balaban J connectivity index is 1.72. The Morgan fingerprint density at radius 1 is 1.08 bits per heavy atom. The van der Waals surface area contributed by atoms with Crippen LogP contribution < -0.4 is 14.5 Å². The highest BCUT2D eigenvalue weighted by Gasteiger charge is 2.20. The minimum atomic E-state index is -0.359. The maximum Gasteiger partial charge on any atom is 0.167 e. The van der Waals surface area contributed by atoms with E-state index in [9.17, 15) is 9.65 Å². The van der Waals surface area contributed by atoms with Crippen LogP contribution in [0.3, 0.4) is 0 Å². The van der Waals surface area contributed by atoms with E-state index in [0.29, 0.717) is 10.6 Å². The molecule has 0 unspecified atom stereocenters. The number of piperazine rings is 1. The summed E-state index contributed by atoms with van der Waals surface area (Å²) in [5.41, 5.74) is 2.30. The molecule has 1 aliphatic rings. The summed E-state index contributed by atoms with van der Waals surface area (Å²) < 4.78 is 18.8. The highest BCUT2D eigenvalue weighted by atomic mass is 35.5. The van der Waals surface area contributed by atoms with E-state index >= 15 is 0 Å². The maximum atomic E-state index is 13.9. The topological polar surface area (TPSA) is 39.5 Å². The minimum Gasteiger partial charge on any atom is -0.494 e. The predicted octanol–water partition coefficient (Wildman–Crippen LogP) is 3.69. The molecule has 1 aliphatic heterocycles. The zero-order valence-electron chi connectivity index (χ0n) is 13.3. The van der Waals surface area contributed by atoms with E-state index in [1.165, 1.54) is 13.2 Å². The molecule has 24 heavy (non-hydrogen) atoms. The standard InChI is InChI=1S/C18H17ClFN3O/c1-24-18-5-3-15(11-16(18)20)22-6-8-23(9-7-22)17-4-2-14(19)10-13(17)12-21/h2-5,10-11H,6-9H2,1H3. The van der Waals surface area contributed by atoms with Crippen molar-refractivity contribution < 1.29 is 9.13 Å². The first-order valence-electron chi connectivity index (χ1n) is 7.65. The van der Waals surface area contributed by atoms with Gasteiger partial charge < -0.3 is 14.5 Å². The molecule has 6 heteroatoms. The zero-order chi connectivity index (χ0) is 17.1. The van der Waals surface area contributed by atoms with Gasteiger partial charge in [-0.1, -0.05) is 11.6 Å². The van der Waals surface area contributed by atoms with E-state index in [1.807, 2.05) is 12.1 Å². The molecule has 0 saturated carbocycles. The second kappa shape index (κ2) is 6.98. The van der Waals surface area contributed by atoms with Crippen molar-refractivity contribution in [3.63, 3.8) is 0 Å². The third-order valence-electron chi connectivity index (χ3n) is 4.20. The molecule has 2 aromatic rings. The number of nitrogens with zero attached hydrogens (tertiary/aromatic N) is 3. The van der Waals surface area contributed by atoms with Gasteiger partial charge in [-0.05, 0) is 30.3 Å². The molecule has 0 radical (unpaired) electrons. The number of benzene rings is 2. The smallest absolute Gasteiger partial charge is 0.167 e. The first-order valence-corrected chi connectivity index (χ1v) is 8.03. The molecule has 0 aliphatic carbocycles. The van der Waals surface area contributed by atoms with Gasteiger partial charge in [-0.2, -0.15) is 5.26 Å². The second-order valence-corrected chi connectivity index (χ2v) is 6.00. The van der Waals surface area contributed by atoms with Gasteiger partial charge >= 0.3 is 0 Å². The van der Waals surface area contributed by atoms with Crippen molar-refractivity contribution in [1.82, 2.24) is 0 Å². The molecule has 1 fully saturated rings. The number of nitriles is 1. The predicted molar refractivity (Wildman–Crippen MR) is 93.5 cm³/mol. The van der Waals surface area contributed by atoms with Crippen LogP contribution in [0.2, 0.25) is 5.02 Å². The van der Waals surface area contributed by atoms with Crippen LogP contribution in [0.15, 0.2) is 36.4 Å². The fraction of sp³-hybridized carbons (Fsp3) is 0.278. The molecule has 1 saturated heterocycles. The molecule has 0 N–H and O–H groups in total. The maximum absolute atomic E-state index is 13.9. The summed E-state index contributed by atoms with van der Waals surface area (Å²) in [6.45, 7) is 3.01. The van der Waals surface area contributed by atoms with Gasteiger partial charge in [0, 0.05) is 43.0 Å². The summed E-state index contributed by atoms with van der Waals surface area (Å²) in [5.74, 6) is -0.112. The van der Waals surface area contributed by atoms with Crippen LogP contribution in [0, 0.1) is 17.1 Å². The molecule has 124 valence electrons. The van der Waals surface area contributed by atoms with Gasteiger partial charge in [0.2, 0.25) is 0 Å². The van der Waals surface area contributed by atoms with Gasteiger partial charge in [-0.15, -0.1) is 0 Å². The van der Waals surface area contributed by atoms with Crippen molar-refractivity contribution in [2.45, 2.75) is 0 Å². The van der Waals surface area contributed by atoms with E-state index in [-0.39, 0.29) is 11.6 Å². The molecule has 3 rings (SSSR count). The number of hydrogen-bond acceptors (Lipinski definition) is 4. The number of rotatable bonds is 3. The summed E-state index contributed by atoms with van der Waals surface area (Å²) in [7, 11) is 1.45. The van der Waals surface area contributed by atoms with E-state index in [0.717, 1.165) is 37.6 Å². The van der Waals surface area contributed by atoms with Gasteiger partial charge in [0.1, 0.15) is 6.07 Å². The minimum absolute atomic E-state index is 0.247. The van der Waals surface area contributed by atoms with E-state index in [4.69, 9.17) is 16.3 Å². The summed E-state index contributed by atoms with van der Waals surface area (Å²) >= 11 is 5.95. The molecular weight excluding hydrogens is 329 g/mol. The Morgan fingerprint density at radius 3 is 2.42 bits per heavy atom. The van der Waals surface area contributed by atoms with Crippen molar-refractivity contribution in [2.75, 3.05) is 43.1 Å². The first-order chi connectivity index (χ1) is 11.6. The van der Waals surface area contributed by atoms with Gasteiger partial charge in [-0.3, -0.25) is 0 Å². The van der Waals surface area contributed by atoms with E-state index in [1.54, 1.807) is 18.2 Å². The Kier molecular flexibility index (Phi) is 4.77. The van der Waals surface area contributed by atoms with Crippen molar-refractivity contribution in [1.29, 1.82) is 5.26 Å². The van der Waals surface area contributed by atoms with Gasteiger partial charge in [-0.25, -0.2) is 4.39 Å². The van der Waals surface area contributed by atoms with Crippen LogP contribution in [-0.2, 0) is 0 Å². The fourth-order valence-corrected chi connectivity index (χ4v) is 3.10. The molecule has 0 spiro atoms. The Hall–Kier alpha value is -2.45. The van der Waals surface area contributed by atoms with Crippen LogP contribution in [0.25, 0.3) is 0 Å². The quantitative estimate of drug-likeness (QED) is 0.850. The van der Waals surface area contributed by atoms with Crippen LogP contribution in [0.1, 0.15) is 5.56 Å². The lowest BCUT2D eigenvalue weighted by atomic mass is 10.1. The third kappa shape index (κ3) is 3.24. The average Bonchev–Trinajstić information content (AvgIpc) is 2.61. The van der Waals surface area contributed by atoms with Crippen molar-refractivity contribution >= 4 is 23.0 Å². The van der Waals surface area contributed by atoms with Crippen molar-refractivity contribution in [3.05, 3.63) is 52.8 Å². The van der Waals surface area contributed by atoms with Crippen LogP contribution in [0.4, 0.5) is 15.8 Å². The van der Waals surface area contributed by atoms with Crippen LogP contribution in [-0.4, -0.2) is 33.3 Å². The number of anilines is 2. The number of halogens is 2.